The summed E-state index contributed by atoms with van der Waals surface area (Å²) >= 11 is 0.675. The van der Waals surface area contributed by atoms with Gasteiger partial charge in [0.25, 0.3) is 0 Å². The molecule has 20 heavy (non-hydrogen) atoms. The van der Waals surface area contributed by atoms with Gasteiger partial charge in [-0.2, -0.15) is 26.3 Å². The van der Waals surface area contributed by atoms with Crippen molar-refractivity contribution in [3.05, 3.63) is 15.6 Å². The summed E-state index contributed by atoms with van der Waals surface area (Å²) in [5.41, 5.74) is -1.09. The minimum Gasteiger partial charge on any atom is -0.310 e. The van der Waals surface area contributed by atoms with E-state index in [0.29, 0.717) is 11.3 Å². The molecule has 1 aromatic rings. The molecule has 0 radical (unpaired) electrons. The van der Waals surface area contributed by atoms with Crippen LogP contribution >= 0.6 is 11.3 Å². The van der Waals surface area contributed by atoms with E-state index in [1.54, 1.807) is 13.8 Å². The summed E-state index contributed by atoms with van der Waals surface area (Å²) in [7, 11) is 0. The number of hydrogen-bond acceptors (Lipinski definition) is 3. The van der Waals surface area contributed by atoms with Gasteiger partial charge < -0.3 is 5.32 Å². The van der Waals surface area contributed by atoms with Crippen molar-refractivity contribution in [3.8, 4) is 0 Å². The summed E-state index contributed by atoms with van der Waals surface area (Å²) in [6, 6.07) is -0.0307. The molecule has 1 N–H and O–H groups in total. The van der Waals surface area contributed by atoms with Gasteiger partial charge in [-0.1, -0.05) is 13.8 Å². The van der Waals surface area contributed by atoms with E-state index in [1.807, 2.05) is 0 Å². The van der Waals surface area contributed by atoms with Crippen molar-refractivity contribution in [2.24, 2.45) is 0 Å². The Morgan fingerprint density at radius 1 is 1.15 bits per heavy atom. The van der Waals surface area contributed by atoms with Crippen molar-refractivity contribution in [2.45, 2.75) is 51.6 Å². The summed E-state index contributed by atoms with van der Waals surface area (Å²) < 4.78 is 74.5. The van der Waals surface area contributed by atoms with Crippen LogP contribution in [0.2, 0.25) is 0 Å². The maximum absolute atomic E-state index is 12.8. The van der Waals surface area contributed by atoms with Gasteiger partial charge in [0, 0.05) is 25.4 Å². The molecule has 1 aromatic heterocycles. The molecule has 0 aliphatic heterocycles. The normalized spacial score (nSPS) is 13.2. The summed E-state index contributed by atoms with van der Waals surface area (Å²) in [6.07, 6.45) is -10.8. The quantitative estimate of drug-likeness (QED) is 0.824. The van der Waals surface area contributed by atoms with Crippen LogP contribution in [0.1, 0.15) is 35.8 Å². The molecule has 116 valence electrons. The van der Waals surface area contributed by atoms with Crippen molar-refractivity contribution < 1.29 is 26.3 Å². The highest BCUT2D eigenvalue weighted by molar-refractivity contribution is 7.11. The second-order valence-electron chi connectivity index (χ2n) is 4.53. The second kappa shape index (κ2) is 6.30. The topological polar surface area (TPSA) is 24.9 Å². The maximum atomic E-state index is 12.8. The molecule has 0 spiro atoms. The van der Waals surface area contributed by atoms with Gasteiger partial charge in [0.15, 0.2) is 5.69 Å². The van der Waals surface area contributed by atoms with Gasteiger partial charge in [-0.25, -0.2) is 4.98 Å². The molecular formula is C11H14F6N2S. The molecule has 0 aromatic carbocycles. The standard InChI is InChI=1S/C11H14F6N2S/c1-6(2)18-5-7-9(11(15,16)17)19-8(20-7)3-4-10(12,13)14/h6,18H,3-5H2,1-2H3. The molecule has 0 amide bonds. The zero-order chi connectivity index (χ0) is 15.6. The number of aromatic nitrogens is 1. The highest BCUT2D eigenvalue weighted by atomic mass is 32.1. The molecule has 9 heteroatoms. The van der Waals surface area contributed by atoms with E-state index in [4.69, 9.17) is 0 Å². The number of nitrogens with zero attached hydrogens (tertiary/aromatic N) is 1. The van der Waals surface area contributed by atoms with Crippen LogP contribution < -0.4 is 5.32 Å². The van der Waals surface area contributed by atoms with E-state index in [2.05, 4.69) is 10.3 Å². The third kappa shape index (κ3) is 5.66. The summed E-state index contributed by atoms with van der Waals surface area (Å²) in [4.78, 5) is 3.24. The van der Waals surface area contributed by atoms with Crippen LogP contribution in [-0.2, 0) is 19.1 Å². The zero-order valence-electron chi connectivity index (χ0n) is 10.8. The predicted molar refractivity (Wildman–Crippen MR) is 63.5 cm³/mol. The molecule has 0 aliphatic carbocycles. The summed E-state index contributed by atoms with van der Waals surface area (Å²) in [5.74, 6) is 0. The molecule has 0 atom stereocenters. The van der Waals surface area contributed by atoms with Gasteiger partial charge in [-0.05, 0) is 0 Å². The lowest BCUT2D eigenvalue weighted by atomic mass is 10.3. The molecule has 0 fully saturated rings. The first kappa shape index (κ1) is 17.2. The van der Waals surface area contributed by atoms with Gasteiger partial charge in [0.2, 0.25) is 0 Å². The van der Waals surface area contributed by atoms with Crippen LogP contribution in [0.3, 0.4) is 0 Å². The second-order valence-corrected chi connectivity index (χ2v) is 5.70. The van der Waals surface area contributed by atoms with E-state index in [1.165, 1.54) is 0 Å². The number of thiazole rings is 1. The van der Waals surface area contributed by atoms with Gasteiger partial charge in [0.1, 0.15) is 0 Å². The SMILES string of the molecule is CC(C)NCc1sc(CCC(F)(F)F)nc1C(F)(F)F. The molecule has 0 unspecified atom stereocenters. The van der Waals surface area contributed by atoms with Crippen molar-refractivity contribution in [1.29, 1.82) is 0 Å². The monoisotopic (exact) mass is 320 g/mol. The Morgan fingerprint density at radius 2 is 1.75 bits per heavy atom. The Balaban J connectivity index is 2.88. The molecule has 0 saturated carbocycles. The third-order valence-electron chi connectivity index (χ3n) is 2.30. The van der Waals surface area contributed by atoms with Crippen molar-refractivity contribution in [2.75, 3.05) is 0 Å². The average molecular weight is 320 g/mol. The lowest BCUT2D eigenvalue weighted by molar-refractivity contribution is -0.141. The molecule has 0 saturated heterocycles. The highest BCUT2D eigenvalue weighted by Gasteiger charge is 2.37. The first-order valence-corrected chi connectivity index (χ1v) is 6.66. The smallest absolute Gasteiger partial charge is 0.310 e. The number of rotatable bonds is 5. The van der Waals surface area contributed by atoms with Gasteiger partial charge in [-0.15, -0.1) is 11.3 Å². The molecule has 0 bridgehead atoms. The lowest BCUT2D eigenvalue weighted by Crippen LogP contribution is -2.23. The van der Waals surface area contributed by atoms with Crippen LogP contribution in [0, 0.1) is 0 Å². The average Bonchev–Trinajstić information content (AvgIpc) is 2.65. The zero-order valence-corrected chi connectivity index (χ0v) is 11.6. The van der Waals surface area contributed by atoms with Crippen LogP contribution in [0.25, 0.3) is 0 Å². The Morgan fingerprint density at radius 3 is 2.20 bits per heavy atom. The van der Waals surface area contributed by atoms with Crippen LogP contribution in [0.15, 0.2) is 0 Å². The fourth-order valence-electron chi connectivity index (χ4n) is 1.39. The van der Waals surface area contributed by atoms with E-state index >= 15 is 0 Å². The Bertz CT molecular complexity index is 435. The predicted octanol–water partition coefficient (Wildman–Crippen LogP) is 4.15. The third-order valence-corrected chi connectivity index (χ3v) is 3.42. The van der Waals surface area contributed by atoms with E-state index in [9.17, 15) is 26.3 Å². The van der Waals surface area contributed by atoms with Gasteiger partial charge in [-0.3, -0.25) is 0 Å². The molecule has 1 heterocycles. The van der Waals surface area contributed by atoms with Crippen molar-refractivity contribution >= 4 is 11.3 Å². The van der Waals surface area contributed by atoms with Crippen LogP contribution in [0.4, 0.5) is 26.3 Å². The Kier molecular flexibility index (Phi) is 5.42. The van der Waals surface area contributed by atoms with E-state index in [-0.39, 0.29) is 22.5 Å². The largest absolute Gasteiger partial charge is 0.434 e. The molecule has 2 nitrogen and oxygen atoms in total. The molecule has 1 rings (SSSR count). The van der Waals surface area contributed by atoms with E-state index in [0.717, 1.165) is 0 Å². The molecule has 0 aliphatic rings. The van der Waals surface area contributed by atoms with Crippen molar-refractivity contribution in [1.82, 2.24) is 10.3 Å². The minimum atomic E-state index is -4.65. The number of aryl methyl sites for hydroxylation is 1. The maximum Gasteiger partial charge on any atom is 0.434 e. The van der Waals surface area contributed by atoms with Crippen LogP contribution in [-0.4, -0.2) is 17.2 Å². The highest BCUT2D eigenvalue weighted by Crippen LogP contribution is 2.35. The Hall–Kier alpha value is -0.830. The number of halogens is 6. The summed E-state index contributed by atoms with van der Waals surface area (Å²) in [5, 5.41) is 2.66. The first-order valence-electron chi connectivity index (χ1n) is 5.85. The molecular weight excluding hydrogens is 306 g/mol. The van der Waals surface area contributed by atoms with Gasteiger partial charge >= 0.3 is 12.4 Å². The lowest BCUT2D eigenvalue weighted by Gasteiger charge is -2.09. The Labute approximate surface area is 116 Å². The van der Waals surface area contributed by atoms with Gasteiger partial charge in [0.05, 0.1) is 9.88 Å². The number of hydrogen-bond donors (Lipinski definition) is 1. The van der Waals surface area contributed by atoms with Crippen LogP contribution in [0.5, 0.6) is 0 Å². The van der Waals surface area contributed by atoms with Crippen molar-refractivity contribution in [3.63, 3.8) is 0 Å². The number of alkyl halides is 6. The van der Waals surface area contributed by atoms with E-state index < -0.39 is 30.9 Å². The fraction of sp³-hybridized carbons (Fsp3) is 0.727. The minimum absolute atomic E-state index is 0.0307. The number of nitrogens with one attached hydrogen (secondary N) is 1. The summed E-state index contributed by atoms with van der Waals surface area (Å²) in [6.45, 7) is 3.47. The fourth-order valence-corrected chi connectivity index (χ4v) is 2.43. The first-order chi connectivity index (χ1) is 8.99.